The van der Waals surface area contributed by atoms with Crippen LogP contribution in [0.3, 0.4) is 0 Å². The number of carbonyl (C=O) groups excluding carboxylic acids is 2. The SMILES string of the molecule is COC(=O)CCC(=O)c1cccc(F)c1C(F)(F)F. The van der Waals surface area contributed by atoms with Crippen molar-refractivity contribution in [2.75, 3.05) is 7.11 Å². The van der Waals surface area contributed by atoms with Crippen molar-refractivity contribution in [2.45, 2.75) is 19.0 Å². The standard InChI is InChI=1S/C12H10F4O3/c1-19-10(18)6-5-9(17)7-3-2-4-8(13)11(7)12(14,15)16/h2-4H,5-6H2,1H3. The van der Waals surface area contributed by atoms with E-state index in [2.05, 4.69) is 4.74 Å². The molecule has 104 valence electrons. The number of halogens is 4. The molecule has 0 saturated heterocycles. The maximum Gasteiger partial charge on any atom is 0.419 e. The minimum atomic E-state index is -4.97. The Morgan fingerprint density at radius 3 is 2.37 bits per heavy atom. The van der Waals surface area contributed by atoms with Crippen LogP contribution in [-0.4, -0.2) is 18.9 Å². The van der Waals surface area contributed by atoms with Crippen LogP contribution in [0.5, 0.6) is 0 Å². The summed E-state index contributed by atoms with van der Waals surface area (Å²) >= 11 is 0. The van der Waals surface area contributed by atoms with Crippen molar-refractivity contribution in [3.63, 3.8) is 0 Å². The summed E-state index contributed by atoms with van der Waals surface area (Å²) in [6, 6.07) is 2.52. The normalized spacial score (nSPS) is 11.2. The molecule has 0 bridgehead atoms. The van der Waals surface area contributed by atoms with E-state index in [1.165, 1.54) is 0 Å². The molecule has 0 amide bonds. The van der Waals surface area contributed by atoms with E-state index in [4.69, 9.17) is 0 Å². The van der Waals surface area contributed by atoms with Crippen molar-refractivity contribution in [2.24, 2.45) is 0 Å². The lowest BCUT2D eigenvalue weighted by Crippen LogP contribution is -2.16. The number of ketones is 1. The smallest absolute Gasteiger partial charge is 0.419 e. The second-order valence-corrected chi connectivity index (χ2v) is 3.66. The molecule has 0 unspecified atom stereocenters. The molecule has 0 radical (unpaired) electrons. The Labute approximate surface area is 106 Å². The Balaban J connectivity index is 3.04. The van der Waals surface area contributed by atoms with E-state index in [0.29, 0.717) is 6.07 Å². The Hall–Kier alpha value is -1.92. The number of alkyl halides is 3. The molecule has 0 N–H and O–H groups in total. The quantitative estimate of drug-likeness (QED) is 0.483. The Morgan fingerprint density at radius 1 is 1.21 bits per heavy atom. The van der Waals surface area contributed by atoms with Crippen LogP contribution in [0.25, 0.3) is 0 Å². The molecule has 0 fully saturated rings. The maximum atomic E-state index is 13.2. The largest absolute Gasteiger partial charge is 0.469 e. The summed E-state index contributed by atoms with van der Waals surface area (Å²) in [5.74, 6) is -3.20. The molecule has 7 heteroatoms. The number of ether oxygens (including phenoxy) is 1. The average molecular weight is 278 g/mol. The minimum Gasteiger partial charge on any atom is -0.469 e. The van der Waals surface area contributed by atoms with E-state index in [1.54, 1.807) is 0 Å². The van der Waals surface area contributed by atoms with E-state index in [-0.39, 0.29) is 6.42 Å². The monoisotopic (exact) mass is 278 g/mol. The zero-order valence-electron chi connectivity index (χ0n) is 9.88. The minimum absolute atomic E-state index is 0.358. The lowest BCUT2D eigenvalue weighted by atomic mass is 9.99. The zero-order chi connectivity index (χ0) is 14.6. The van der Waals surface area contributed by atoms with Crippen molar-refractivity contribution >= 4 is 11.8 Å². The van der Waals surface area contributed by atoms with Gasteiger partial charge in [-0.3, -0.25) is 9.59 Å². The highest BCUT2D eigenvalue weighted by Gasteiger charge is 2.38. The Morgan fingerprint density at radius 2 is 1.84 bits per heavy atom. The molecule has 1 aromatic rings. The summed E-state index contributed by atoms with van der Waals surface area (Å²) in [5, 5.41) is 0. The topological polar surface area (TPSA) is 43.4 Å². The summed E-state index contributed by atoms with van der Waals surface area (Å²) in [6.45, 7) is 0. The van der Waals surface area contributed by atoms with Gasteiger partial charge in [0.15, 0.2) is 5.78 Å². The fourth-order valence-electron chi connectivity index (χ4n) is 1.50. The van der Waals surface area contributed by atoms with Crippen molar-refractivity contribution < 1.29 is 31.9 Å². The second-order valence-electron chi connectivity index (χ2n) is 3.66. The Bertz CT molecular complexity index is 494. The summed E-state index contributed by atoms with van der Waals surface area (Å²) < 4.78 is 55.4. The van der Waals surface area contributed by atoms with Gasteiger partial charge in [-0.25, -0.2) is 4.39 Å². The number of rotatable bonds is 4. The van der Waals surface area contributed by atoms with Crippen LogP contribution < -0.4 is 0 Å². The summed E-state index contributed by atoms with van der Waals surface area (Å²) in [5.41, 5.74) is -2.39. The first kappa shape index (κ1) is 15.1. The van der Waals surface area contributed by atoms with E-state index in [0.717, 1.165) is 19.2 Å². The van der Waals surface area contributed by atoms with Gasteiger partial charge in [0.05, 0.1) is 13.5 Å². The van der Waals surface area contributed by atoms with Crippen LogP contribution in [0.1, 0.15) is 28.8 Å². The van der Waals surface area contributed by atoms with E-state index >= 15 is 0 Å². The van der Waals surface area contributed by atoms with Gasteiger partial charge in [-0.05, 0) is 6.07 Å². The molecule has 0 aliphatic carbocycles. The fraction of sp³-hybridized carbons (Fsp3) is 0.333. The lowest BCUT2D eigenvalue weighted by Gasteiger charge is -2.12. The first-order valence-corrected chi connectivity index (χ1v) is 5.23. The average Bonchev–Trinajstić information content (AvgIpc) is 2.33. The number of Topliss-reactive ketones (excluding diaryl/α,β-unsaturated/α-hetero) is 1. The van der Waals surface area contributed by atoms with Gasteiger partial charge in [-0.1, -0.05) is 12.1 Å². The van der Waals surface area contributed by atoms with E-state index in [9.17, 15) is 27.2 Å². The highest BCUT2D eigenvalue weighted by molar-refractivity contribution is 5.99. The zero-order valence-corrected chi connectivity index (χ0v) is 9.88. The second kappa shape index (κ2) is 5.81. The number of carbonyl (C=O) groups is 2. The van der Waals surface area contributed by atoms with Gasteiger partial charge in [0.25, 0.3) is 0 Å². The van der Waals surface area contributed by atoms with Crippen LogP contribution in [0.2, 0.25) is 0 Å². The predicted molar refractivity (Wildman–Crippen MR) is 57.0 cm³/mol. The van der Waals surface area contributed by atoms with Crippen LogP contribution in [0.4, 0.5) is 17.6 Å². The van der Waals surface area contributed by atoms with Crippen molar-refractivity contribution in [3.8, 4) is 0 Å². The van der Waals surface area contributed by atoms with E-state index in [1.807, 2.05) is 0 Å². The number of hydrogen-bond acceptors (Lipinski definition) is 3. The molecule has 19 heavy (non-hydrogen) atoms. The van der Waals surface area contributed by atoms with Gasteiger partial charge in [-0.2, -0.15) is 13.2 Å². The van der Waals surface area contributed by atoms with Gasteiger partial charge in [0.1, 0.15) is 11.4 Å². The highest BCUT2D eigenvalue weighted by Crippen LogP contribution is 2.34. The number of hydrogen-bond donors (Lipinski definition) is 0. The van der Waals surface area contributed by atoms with Gasteiger partial charge >= 0.3 is 12.1 Å². The predicted octanol–water partition coefficient (Wildman–Crippen LogP) is 2.98. The third-order valence-corrected chi connectivity index (χ3v) is 2.38. The molecule has 0 heterocycles. The fourth-order valence-corrected chi connectivity index (χ4v) is 1.50. The van der Waals surface area contributed by atoms with E-state index < -0.39 is 41.3 Å². The van der Waals surface area contributed by atoms with Crippen LogP contribution in [0.15, 0.2) is 18.2 Å². The van der Waals surface area contributed by atoms with Gasteiger partial charge < -0.3 is 4.74 Å². The molecule has 0 atom stereocenters. The third-order valence-electron chi connectivity index (χ3n) is 2.38. The molecule has 1 aromatic carbocycles. The van der Waals surface area contributed by atoms with Crippen LogP contribution in [-0.2, 0) is 15.7 Å². The Kier molecular flexibility index (Phi) is 4.63. The summed E-state index contributed by atoms with van der Waals surface area (Å²) in [4.78, 5) is 22.4. The van der Waals surface area contributed by atoms with Crippen molar-refractivity contribution in [1.82, 2.24) is 0 Å². The molecular formula is C12H10F4O3. The molecule has 0 aliphatic heterocycles. The van der Waals surface area contributed by atoms with Gasteiger partial charge in [0, 0.05) is 12.0 Å². The van der Waals surface area contributed by atoms with Gasteiger partial charge in [0.2, 0.25) is 0 Å². The molecule has 0 spiro atoms. The molecule has 3 nitrogen and oxygen atoms in total. The molecule has 1 rings (SSSR count). The van der Waals surface area contributed by atoms with Gasteiger partial charge in [-0.15, -0.1) is 0 Å². The number of benzene rings is 1. The number of methoxy groups -OCH3 is 1. The summed E-state index contributed by atoms with van der Waals surface area (Å²) in [6.07, 6.45) is -5.80. The van der Waals surface area contributed by atoms with Crippen LogP contribution >= 0.6 is 0 Å². The molecular weight excluding hydrogens is 268 g/mol. The number of esters is 1. The third kappa shape index (κ3) is 3.77. The van der Waals surface area contributed by atoms with Crippen LogP contribution in [0, 0.1) is 5.82 Å². The first-order chi connectivity index (χ1) is 8.77. The van der Waals surface area contributed by atoms with Crippen molar-refractivity contribution in [1.29, 1.82) is 0 Å². The molecule has 0 saturated carbocycles. The molecule has 0 aromatic heterocycles. The van der Waals surface area contributed by atoms with Crippen molar-refractivity contribution in [3.05, 3.63) is 35.1 Å². The lowest BCUT2D eigenvalue weighted by molar-refractivity contribution is -0.140. The first-order valence-electron chi connectivity index (χ1n) is 5.23. The maximum absolute atomic E-state index is 13.2. The summed E-state index contributed by atoms with van der Waals surface area (Å²) in [7, 11) is 1.09. The molecule has 0 aliphatic rings. The highest BCUT2D eigenvalue weighted by atomic mass is 19.4.